The van der Waals surface area contributed by atoms with Crippen molar-refractivity contribution in [3.05, 3.63) is 29.8 Å². The largest absolute Gasteiger partial charge is 0.385 e. The van der Waals surface area contributed by atoms with E-state index in [0.717, 1.165) is 19.4 Å². The Morgan fingerprint density at radius 1 is 1.47 bits per heavy atom. The summed E-state index contributed by atoms with van der Waals surface area (Å²) in [6.07, 6.45) is 2.94. The zero-order valence-corrected chi connectivity index (χ0v) is 9.12. The Morgan fingerprint density at radius 2 is 2.27 bits per heavy atom. The lowest BCUT2D eigenvalue weighted by atomic mass is 9.90. The number of fused-ring (bicyclic) bond motifs is 1. The highest BCUT2D eigenvalue weighted by atomic mass is 16.1. The van der Waals surface area contributed by atoms with Crippen LogP contribution in [0.1, 0.15) is 37.7 Å². The number of carbonyl (C=O) groups is 1. The van der Waals surface area contributed by atoms with Crippen LogP contribution in [0.4, 0.5) is 5.69 Å². The lowest BCUT2D eigenvalue weighted by Crippen LogP contribution is -2.04. The maximum absolute atomic E-state index is 11.2. The zero-order chi connectivity index (χ0) is 10.7. The molecule has 1 aromatic carbocycles. The molecule has 1 atom stereocenters. The quantitative estimate of drug-likeness (QED) is 0.800. The van der Waals surface area contributed by atoms with Gasteiger partial charge in [0.05, 0.1) is 0 Å². The van der Waals surface area contributed by atoms with Gasteiger partial charge in [-0.15, -0.1) is 0 Å². The van der Waals surface area contributed by atoms with Crippen LogP contribution in [0.5, 0.6) is 0 Å². The van der Waals surface area contributed by atoms with Crippen molar-refractivity contribution in [2.24, 2.45) is 0 Å². The number of nitrogens with one attached hydrogen (secondary N) is 1. The number of hydrogen-bond acceptors (Lipinski definition) is 2. The molecule has 15 heavy (non-hydrogen) atoms. The molecule has 0 fully saturated rings. The molecule has 0 aliphatic carbocycles. The smallest absolute Gasteiger partial charge is 0.130 e. The molecule has 0 amide bonds. The molecule has 0 saturated heterocycles. The average Bonchev–Trinajstić information content (AvgIpc) is 2.41. The SMILES string of the molecule is CC(=O)CC1CCCNc2ccccc21. The van der Waals surface area contributed by atoms with Crippen LogP contribution in [0.3, 0.4) is 0 Å². The van der Waals surface area contributed by atoms with E-state index in [9.17, 15) is 4.79 Å². The lowest BCUT2D eigenvalue weighted by Gasteiger charge is -2.15. The number of hydrogen-bond donors (Lipinski definition) is 1. The number of para-hydroxylation sites is 1. The Kier molecular flexibility index (Phi) is 3.05. The summed E-state index contributed by atoms with van der Waals surface area (Å²) in [5.41, 5.74) is 2.52. The predicted octanol–water partition coefficient (Wildman–Crippen LogP) is 2.96. The highest BCUT2D eigenvalue weighted by Gasteiger charge is 2.19. The van der Waals surface area contributed by atoms with Crippen LogP contribution in [0.25, 0.3) is 0 Å². The minimum Gasteiger partial charge on any atom is -0.385 e. The highest BCUT2D eigenvalue weighted by Crippen LogP contribution is 2.33. The molecule has 1 heterocycles. The van der Waals surface area contributed by atoms with Gasteiger partial charge in [0.15, 0.2) is 0 Å². The molecule has 0 bridgehead atoms. The summed E-state index contributed by atoms with van der Waals surface area (Å²) in [5.74, 6) is 0.699. The molecule has 0 radical (unpaired) electrons. The fourth-order valence-corrected chi connectivity index (χ4v) is 2.30. The van der Waals surface area contributed by atoms with Crippen molar-refractivity contribution in [2.45, 2.75) is 32.1 Å². The number of anilines is 1. The van der Waals surface area contributed by atoms with E-state index in [2.05, 4.69) is 23.5 Å². The van der Waals surface area contributed by atoms with Crippen molar-refractivity contribution < 1.29 is 4.79 Å². The standard InChI is InChI=1S/C13H17NO/c1-10(15)9-11-5-4-8-14-13-7-3-2-6-12(11)13/h2-3,6-7,11,14H,4-5,8-9H2,1H3. The summed E-state index contributed by atoms with van der Waals surface area (Å²) >= 11 is 0. The van der Waals surface area contributed by atoms with Gasteiger partial charge >= 0.3 is 0 Å². The first-order chi connectivity index (χ1) is 7.27. The van der Waals surface area contributed by atoms with Gasteiger partial charge in [-0.1, -0.05) is 18.2 Å². The minimum absolute atomic E-state index is 0.289. The summed E-state index contributed by atoms with van der Waals surface area (Å²) in [7, 11) is 0. The molecule has 0 saturated carbocycles. The normalized spacial score (nSPS) is 19.9. The molecule has 1 aliphatic heterocycles. The van der Waals surface area contributed by atoms with E-state index in [1.54, 1.807) is 6.92 Å². The third-order valence-electron chi connectivity index (χ3n) is 2.98. The van der Waals surface area contributed by atoms with Crippen LogP contribution in [0.15, 0.2) is 24.3 Å². The van der Waals surface area contributed by atoms with Gasteiger partial charge in [0, 0.05) is 18.7 Å². The number of Topliss-reactive ketones (excluding diaryl/α,β-unsaturated/α-hetero) is 1. The maximum Gasteiger partial charge on any atom is 0.130 e. The molecule has 0 aromatic heterocycles. The second-order valence-corrected chi connectivity index (χ2v) is 4.26. The van der Waals surface area contributed by atoms with E-state index >= 15 is 0 Å². The minimum atomic E-state index is 0.289. The van der Waals surface area contributed by atoms with Crippen LogP contribution in [-0.4, -0.2) is 12.3 Å². The van der Waals surface area contributed by atoms with Crippen LogP contribution in [-0.2, 0) is 4.79 Å². The number of benzene rings is 1. The average molecular weight is 203 g/mol. The van der Waals surface area contributed by atoms with E-state index < -0.39 is 0 Å². The van der Waals surface area contributed by atoms with Crippen molar-refractivity contribution in [2.75, 3.05) is 11.9 Å². The van der Waals surface area contributed by atoms with Crippen molar-refractivity contribution in [3.8, 4) is 0 Å². The Labute approximate surface area is 90.7 Å². The van der Waals surface area contributed by atoms with Gasteiger partial charge < -0.3 is 10.1 Å². The van der Waals surface area contributed by atoms with Gasteiger partial charge in [-0.05, 0) is 37.3 Å². The van der Waals surface area contributed by atoms with Crippen molar-refractivity contribution in [3.63, 3.8) is 0 Å². The molecule has 1 N–H and O–H groups in total. The van der Waals surface area contributed by atoms with Gasteiger partial charge in [-0.2, -0.15) is 0 Å². The van der Waals surface area contributed by atoms with E-state index in [4.69, 9.17) is 0 Å². The van der Waals surface area contributed by atoms with Crippen LogP contribution < -0.4 is 5.32 Å². The molecule has 1 aromatic rings. The first-order valence-corrected chi connectivity index (χ1v) is 5.59. The Bertz CT molecular complexity index is 359. The topological polar surface area (TPSA) is 29.1 Å². The zero-order valence-electron chi connectivity index (χ0n) is 9.12. The van der Waals surface area contributed by atoms with Crippen molar-refractivity contribution in [1.82, 2.24) is 0 Å². The predicted molar refractivity (Wildman–Crippen MR) is 62.2 cm³/mol. The number of ketones is 1. The third kappa shape index (κ3) is 2.38. The summed E-state index contributed by atoms with van der Waals surface area (Å²) in [6.45, 7) is 2.70. The molecule has 1 aliphatic rings. The van der Waals surface area contributed by atoms with E-state index in [1.165, 1.54) is 11.3 Å². The second kappa shape index (κ2) is 4.47. The maximum atomic E-state index is 11.2. The van der Waals surface area contributed by atoms with Crippen LogP contribution in [0, 0.1) is 0 Å². The molecular weight excluding hydrogens is 186 g/mol. The van der Waals surface area contributed by atoms with Gasteiger partial charge in [0.2, 0.25) is 0 Å². The number of rotatable bonds is 2. The Balaban J connectivity index is 2.28. The van der Waals surface area contributed by atoms with E-state index in [0.29, 0.717) is 12.3 Å². The molecule has 2 rings (SSSR count). The summed E-state index contributed by atoms with van der Waals surface area (Å²) in [5, 5.41) is 3.42. The van der Waals surface area contributed by atoms with Crippen LogP contribution >= 0.6 is 0 Å². The van der Waals surface area contributed by atoms with Gasteiger partial charge in [0.25, 0.3) is 0 Å². The monoisotopic (exact) mass is 203 g/mol. The van der Waals surface area contributed by atoms with E-state index in [-0.39, 0.29) is 5.78 Å². The van der Waals surface area contributed by atoms with Gasteiger partial charge in [-0.25, -0.2) is 0 Å². The fourth-order valence-electron chi connectivity index (χ4n) is 2.30. The van der Waals surface area contributed by atoms with Gasteiger partial charge in [0.1, 0.15) is 5.78 Å². The Morgan fingerprint density at radius 3 is 3.07 bits per heavy atom. The van der Waals surface area contributed by atoms with Crippen molar-refractivity contribution >= 4 is 11.5 Å². The molecular formula is C13H17NO. The molecule has 0 spiro atoms. The summed E-state index contributed by atoms with van der Waals surface area (Å²) in [6, 6.07) is 8.34. The van der Waals surface area contributed by atoms with Gasteiger partial charge in [-0.3, -0.25) is 0 Å². The first kappa shape index (κ1) is 10.2. The van der Waals surface area contributed by atoms with Crippen LogP contribution in [0.2, 0.25) is 0 Å². The Hall–Kier alpha value is -1.31. The molecule has 2 heteroatoms. The number of carbonyl (C=O) groups excluding carboxylic acids is 1. The van der Waals surface area contributed by atoms with Crippen molar-refractivity contribution in [1.29, 1.82) is 0 Å². The first-order valence-electron chi connectivity index (χ1n) is 5.59. The molecule has 1 unspecified atom stereocenters. The molecule has 2 nitrogen and oxygen atoms in total. The third-order valence-corrected chi connectivity index (χ3v) is 2.98. The summed E-state index contributed by atoms with van der Waals surface area (Å²) < 4.78 is 0. The summed E-state index contributed by atoms with van der Waals surface area (Å²) in [4.78, 5) is 11.2. The fraction of sp³-hybridized carbons (Fsp3) is 0.462. The lowest BCUT2D eigenvalue weighted by molar-refractivity contribution is -0.117. The molecule has 80 valence electrons. The highest BCUT2D eigenvalue weighted by molar-refractivity contribution is 5.77. The van der Waals surface area contributed by atoms with E-state index in [1.807, 2.05) is 6.07 Å². The second-order valence-electron chi connectivity index (χ2n) is 4.26.